The summed E-state index contributed by atoms with van der Waals surface area (Å²) in [4.78, 5) is 4.03. The van der Waals surface area contributed by atoms with Crippen molar-refractivity contribution >= 4 is 0 Å². The van der Waals surface area contributed by atoms with E-state index < -0.39 is 0 Å². The Morgan fingerprint density at radius 2 is 2.36 bits per heavy atom. The standard InChI is InChI=1S/C10H15N3O/c14-10-8-5-12-4-7(8)3-9(10)13-2-1-11-6-13/h1-2,6-10,12,14H,3-5H2. The average molecular weight is 193 g/mol. The van der Waals surface area contributed by atoms with Crippen molar-refractivity contribution in [2.45, 2.75) is 18.6 Å². The predicted molar refractivity (Wildman–Crippen MR) is 51.7 cm³/mol. The summed E-state index contributed by atoms with van der Waals surface area (Å²) in [5.74, 6) is 1.10. The van der Waals surface area contributed by atoms with Gasteiger partial charge in [-0.15, -0.1) is 0 Å². The van der Waals surface area contributed by atoms with Gasteiger partial charge in [0.1, 0.15) is 0 Å². The largest absolute Gasteiger partial charge is 0.391 e. The van der Waals surface area contributed by atoms with Crippen molar-refractivity contribution in [2.24, 2.45) is 11.8 Å². The number of hydrogen-bond donors (Lipinski definition) is 2. The molecule has 4 unspecified atom stereocenters. The van der Waals surface area contributed by atoms with Gasteiger partial charge in [-0.25, -0.2) is 4.98 Å². The Morgan fingerprint density at radius 3 is 3.07 bits per heavy atom. The number of aliphatic hydroxyl groups is 1. The minimum absolute atomic E-state index is 0.204. The van der Waals surface area contributed by atoms with Gasteiger partial charge in [-0.05, 0) is 18.9 Å². The van der Waals surface area contributed by atoms with E-state index in [0.717, 1.165) is 19.5 Å². The van der Waals surface area contributed by atoms with Crippen LogP contribution in [0, 0.1) is 11.8 Å². The maximum atomic E-state index is 10.1. The van der Waals surface area contributed by atoms with Crippen LogP contribution in [0.5, 0.6) is 0 Å². The molecule has 3 rings (SSSR count). The summed E-state index contributed by atoms with van der Waals surface area (Å²) < 4.78 is 2.04. The Morgan fingerprint density at radius 1 is 1.43 bits per heavy atom. The Kier molecular flexibility index (Phi) is 1.85. The van der Waals surface area contributed by atoms with E-state index in [1.54, 1.807) is 6.20 Å². The number of aromatic nitrogens is 2. The van der Waals surface area contributed by atoms with Crippen molar-refractivity contribution in [1.82, 2.24) is 14.9 Å². The molecule has 4 heteroatoms. The number of hydrogen-bond acceptors (Lipinski definition) is 3. The fourth-order valence-corrected chi connectivity index (χ4v) is 2.91. The Bertz CT molecular complexity index is 311. The highest BCUT2D eigenvalue weighted by Crippen LogP contribution is 2.41. The number of aliphatic hydroxyl groups excluding tert-OH is 1. The van der Waals surface area contributed by atoms with Crippen LogP contribution in [0.1, 0.15) is 12.5 Å². The lowest BCUT2D eigenvalue weighted by Gasteiger charge is -2.19. The lowest BCUT2D eigenvalue weighted by molar-refractivity contribution is 0.0962. The van der Waals surface area contributed by atoms with E-state index in [4.69, 9.17) is 0 Å². The van der Waals surface area contributed by atoms with E-state index in [-0.39, 0.29) is 12.1 Å². The Hall–Kier alpha value is -0.870. The summed E-state index contributed by atoms with van der Waals surface area (Å²) in [6, 6.07) is 0.245. The molecule has 1 saturated heterocycles. The zero-order valence-electron chi connectivity index (χ0n) is 8.00. The molecule has 2 heterocycles. The molecule has 0 aromatic carbocycles. The average Bonchev–Trinajstić information content (AvgIpc) is 2.84. The normalized spacial score (nSPS) is 41.5. The molecule has 14 heavy (non-hydrogen) atoms. The van der Waals surface area contributed by atoms with Crippen LogP contribution < -0.4 is 5.32 Å². The monoisotopic (exact) mass is 193 g/mol. The molecule has 0 bridgehead atoms. The number of nitrogens with one attached hydrogen (secondary N) is 1. The molecule has 4 atom stereocenters. The minimum atomic E-state index is -0.204. The van der Waals surface area contributed by atoms with E-state index in [1.165, 1.54) is 0 Å². The van der Waals surface area contributed by atoms with Crippen LogP contribution >= 0.6 is 0 Å². The number of imidazole rings is 1. The molecule has 1 aromatic rings. The zero-order chi connectivity index (χ0) is 9.54. The molecule has 0 amide bonds. The molecular weight excluding hydrogens is 178 g/mol. The number of fused-ring (bicyclic) bond motifs is 1. The first-order valence-electron chi connectivity index (χ1n) is 5.22. The second kappa shape index (κ2) is 3.07. The molecule has 2 fully saturated rings. The first kappa shape index (κ1) is 8.44. The first-order chi connectivity index (χ1) is 6.86. The third-order valence-corrected chi connectivity index (χ3v) is 3.68. The Balaban J connectivity index is 1.84. The molecule has 2 aliphatic rings. The van der Waals surface area contributed by atoms with Gasteiger partial charge < -0.3 is 15.0 Å². The van der Waals surface area contributed by atoms with Crippen LogP contribution in [0.3, 0.4) is 0 Å². The van der Waals surface area contributed by atoms with Crippen molar-refractivity contribution in [3.63, 3.8) is 0 Å². The molecule has 1 aliphatic carbocycles. The van der Waals surface area contributed by atoms with Crippen LogP contribution in [-0.2, 0) is 0 Å². The van der Waals surface area contributed by atoms with Crippen molar-refractivity contribution in [1.29, 1.82) is 0 Å². The van der Waals surface area contributed by atoms with E-state index in [1.807, 2.05) is 17.1 Å². The molecular formula is C10H15N3O. The van der Waals surface area contributed by atoms with E-state index in [0.29, 0.717) is 11.8 Å². The molecule has 1 aromatic heterocycles. The van der Waals surface area contributed by atoms with Crippen molar-refractivity contribution < 1.29 is 5.11 Å². The molecule has 4 nitrogen and oxygen atoms in total. The zero-order valence-corrected chi connectivity index (χ0v) is 8.00. The van der Waals surface area contributed by atoms with Crippen LogP contribution in [0.2, 0.25) is 0 Å². The van der Waals surface area contributed by atoms with Crippen molar-refractivity contribution in [3.05, 3.63) is 18.7 Å². The lowest BCUT2D eigenvalue weighted by Crippen LogP contribution is -2.27. The molecule has 76 valence electrons. The highest BCUT2D eigenvalue weighted by molar-refractivity contribution is 5.00. The number of nitrogens with zero attached hydrogens (tertiary/aromatic N) is 2. The third kappa shape index (κ3) is 1.11. The fraction of sp³-hybridized carbons (Fsp3) is 0.700. The summed E-state index contributed by atoms with van der Waals surface area (Å²) in [7, 11) is 0. The third-order valence-electron chi connectivity index (χ3n) is 3.68. The highest BCUT2D eigenvalue weighted by Gasteiger charge is 2.45. The molecule has 1 aliphatic heterocycles. The van der Waals surface area contributed by atoms with E-state index in [9.17, 15) is 5.11 Å². The van der Waals surface area contributed by atoms with Gasteiger partial charge >= 0.3 is 0 Å². The van der Waals surface area contributed by atoms with Crippen molar-refractivity contribution in [3.8, 4) is 0 Å². The molecule has 1 saturated carbocycles. The summed E-state index contributed by atoms with van der Waals surface area (Å²) in [6.07, 6.45) is 6.41. The van der Waals surface area contributed by atoms with Gasteiger partial charge in [0, 0.05) is 24.9 Å². The van der Waals surface area contributed by atoms with Crippen LogP contribution in [0.15, 0.2) is 18.7 Å². The second-order valence-electron chi connectivity index (χ2n) is 4.39. The second-order valence-corrected chi connectivity index (χ2v) is 4.39. The quantitative estimate of drug-likeness (QED) is 0.661. The Labute approximate surface area is 83.0 Å². The van der Waals surface area contributed by atoms with Crippen LogP contribution in [-0.4, -0.2) is 33.9 Å². The highest BCUT2D eigenvalue weighted by atomic mass is 16.3. The van der Waals surface area contributed by atoms with Gasteiger partial charge in [0.15, 0.2) is 0 Å². The first-order valence-corrected chi connectivity index (χ1v) is 5.22. The topological polar surface area (TPSA) is 50.1 Å². The van der Waals surface area contributed by atoms with Gasteiger partial charge in [0.2, 0.25) is 0 Å². The van der Waals surface area contributed by atoms with E-state index in [2.05, 4.69) is 10.3 Å². The van der Waals surface area contributed by atoms with Gasteiger partial charge in [-0.3, -0.25) is 0 Å². The molecule has 2 N–H and O–H groups in total. The van der Waals surface area contributed by atoms with E-state index >= 15 is 0 Å². The van der Waals surface area contributed by atoms with Crippen molar-refractivity contribution in [2.75, 3.05) is 13.1 Å². The van der Waals surface area contributed by atoms with Gasteiger partial charge in [0.25, 0.3) is 0 Å². The fourth-order valence-electron chi connectivity index (χ4n) is 2.91. The predicted octanol–water partition coefficient (Wildman–Crippen LogP) is 0.0244. The summed E-state index contributed by atoms with van der Waals surface area (Å²) in [6.45, 7) is 2.03. The summed E-state index contributed by atoms with van der Waals surface area (Å²) in [5.41, 5.74) is 0. The van der Waals surface area contributed by atoms with Crippen LogP contribution in [0.4, 0.5) is 0 Å². The number of rotatable bonds is 1. The maximum Gasteiger partial charge on any atom is 0.0949 e. The van der Waals surface area contributed by atoms with Gasteiger partial charge in [-0.2, -0.15) is 0 Å². The minimum Gasteiger partial charge on any atom is -0.391 e. The lowest BCUT2D eigenvalue weighted by atomic mass is 9.99. The summed E-state index contributed by atoms with van der Waals surface area (Å²) >= 11 is 0. The smallest absolute Gasteiger partial charge is 0.0949 e. The molecule has 0 radical (unpaired) electrons. The van der Waals surface area contributed by atoms with Gasteiger partial charge in [0.05, 0.1) is 18.5 Å². The maximum absolute atomic E-state index is 10.1. The SMILES string of the molecule is OC1C2CNCC2CC1n1ccnc1. The summed E-state index contributed by atoms with van der Waals surface area (Å²) in [5, 5.41) is 13.5. The molecule has 0 spiro atoms. The van der Waals surface area contributed by atoms with Gasteiger partial charge in [-0.1, -0.05) is 0 Å². The van der Waals surface area contributed by atoms with Crippen LogP contribution in [0.25, 0.3) is 0 Å².